The van der Waals surface area contributed by atoms with Gasteiger partial charge in [-0.25, -0.2) is 0 Å². The highest BCUT2D eigenvalue weighted by Crippen LogP contribution is 2.10. The first-order chi connectivity index (χ1) is 5.25. The van der Waals surface area contributed by atoms with Gasteiger partial charge in [0.15, 0.2) is 0 Å². The number of anilines is 1. The lowest BCUT2D eigenvalue weighted by Crippen LogP contribution is -1.97. The van der Waals surface area contributed by atoms with Crippen LogP contribution in [0.25, 0.3) is 6.08 Å². The minimum absolute atomic E-state index is 0.696. The first-order valence-corrected chi connectivity index (χ1v) is 4.38. The zero-order chi connectivity index (χ0) is 8.27. The van der Waals surface area contributed by atoms with E-state index in [4.69, 9.17) is 5.73 Å². The number of nitrogens with zero attached hydrogens (tertiary/aromatic N) is 2. The molecule has 0 saturated heterocycles. The van der Waals surface area contributed by atoms with Crippen molar-refractivity contribution in [2.24, 2.45) is 7.05 Å². The van der Waals surface area contributed by atoms with Gasteiger partial charge in [0, 0.05) is 17.9 Å². The fraction of sp³-hybridized carbons (Fsp3) is 0.286. The standard InChI is InChI=1S/C7H10BrN3/c1-11-7(9)6(5-10-11)3-2-4-8/h2-3,5H,4,9H2,1H3. The quantitative estimate of drug-likeness (QED) is 0.759. The molecule has 2 N–H and O–H groups in total. The summed E-state index contributed by atoms with van der Waals surface area (Å²) in [5.74, 6) is 0.696. The van der Waals surface area contributed by atoms with Crippen LogP contribution in [0.2, 0.25) is 0 Å². The van der Waals surface area contributed by atoms with Gasteiger partial charge in [-0.05, 0) is 0 Å². The average molecular weight is 216 g/mol. The molecule has 3 nitrogen and oxygen atoms in total. The maximum Gasteiger partial charge on any atom is 0.128 e. The smallest absolute Gasteiger partial charge is 0.128 e. The van der Waals surface area contributed by atoms with Crippen LogP contribution in [-0.4, -0.2) is 15.1 Å². The summed E-state index contributed by atoms with van der Waals surface area (Å²) >= 11 is 3.28. The van der Waals surface area contributed by atoms with Crippen LogP contribution in [0.4, 0.5) is 5.82 Å². The first-order valence-electron chi connectivity index (χ1n) is 3.25. The highest BCUT2D eigenvalue weighted by atomic mass is 79.9. The van der Waals surface area contributed by atoms with Gasteiger partial charge < -0.3 is 5.73 Å². The summed E-state index contributed by atoms with van der Waals surface area (Å²) in [5.41, 5.74) is 6.64. The largest absolute Gasteiger partial charge is 0.383 e. The molecule has 0 aromatic carbocycles. The van der Waals surface area contributed by atoms with Gasteiger partial charge in [-0.1, -0.05) is 28.1 Å². The molecule has 60 valence electrons. The summed E-state index contributed by atoms with van der Waals surface area (Å²) < 4.78 is 1.65. The summed E-state index contributed by atoms with van der Waals surface area (Å²) in [4.78, 5) is 0. The summed E-state index contributed by atoms with van der Waals surface area (Å²) in [6.45, 7) is 0. The number of halogens is 1. The number of nitrogen functional groups attached to an aromatic ring is 1. The number of rotatable bonds is 2. The van der Waals surface area contributed by atoms with E-state index in [2.05, 4.69) is 21.0 Å². The summed E-state index contributed by atoms with van der Waals surface area (Å²) in [6, 6.07) is 0. The maximum atomic E-state index is 5.68. The number of alkyl halides is 1. The Morgan fingerprint density at radius 1 is 1.82 bits per heavy atom. The molecular weight excluding hydrogens is 206 g/mol. The number of hydrogen-bond acceptors (Lipinski definition) is 2. The van der Waals surface area contributed by atoms with Crippen molar-refractivity contribution in [3.63, 3.8) is 0 Å². The van der Waals surface area contributed by atoms with Crippen LogP contribution < -0.4 is 5.73 Å². The summed E-state index contributed by atoms with van der Waals surface area (Å²) in [6.07, 6.45) is 5.67. The first kappa shape index (κ1) is 8.33. The van der Waals surface area contributed by atoms with Crippen molar-refractivity contribution in [2.75, 3.05) is 11.1 Å². The number of nitrogens with two attached hydrogens (primary N) is 1. The van der Waals surface area contributed by atoms with Crippen LogP contribution in [0.1, 0.15) is 5.56 Å². The van der Waals surface area contributed by atoms with Crippen molar-refractivity contribution in [1.82, 2.24) is 9.78 Å². The van der Waals surface area contributed by atoms with E-state index in [0.717, 1.165) is 10.9 Å². The van der Waals surface area contributed by atoms with E-state index in [1.807, 2.05) is 19.2 Å². The Morgan fingerprint density at radius 3 is 3.00 bits per heavy atom. The number of allylic oxidation sites excluding steroid dienone is 1. The SMILES string of the molecule is Cn1ncc(C=CCBr)c1N. The van der Waals surface area contributed by atoms with E-state index in [0.29, 0.717) is 5.82 Å². The van der Waals surface area contributed by atoms with Crippen molar-refractivity contribution in [2.45, 2.75) is 0 Å². The second-order valence-corrected chi connectivity index (χ2v) is 2.81. The molecule has 11 heavy (non-hydrogen) atoms. The second-order valence-electron chi connectivity index (χ2n) is 2.17. The predicted molar refractivity (Wildman–Crippen MR) is 50.4 cm³/mol. The zero-order valence-electron chi connectivity index (χ0n) is 6.29. The summed E-state index contributed by atoms with van der Waals surface area (Å²) in [5, 5.41) is 4.83. The van der Waals surface area contributed by atoms with Gasteiger partial charge in [-0.2, -0.15) is 5.10 Å². The van der Waals surface area contributed by atoms with Crippen LogP contribution >= 0.6 is 15.9 Å². The molecule has 1 heterocycles. The third kappa shape index (κ3) is 1.83. The Hall–Kier alpha value is -0.770. The topological polar surface area (TPSA) is 43.8 Å². The van der Waals surface area contributed by atoms with Crippen molar-refractivity contribution in [3.8, 4) is 0 Å². The van der Waals surface area contributed by atoms with Gasteiger partial charge >= 0.3 is 0 Å². The Balaban J connectivity index is 2.87. The van der Waals surface area contributed by atoms with Crippen LogP contribution in [0.3, 0.4) is 0 Å². The van der Waals surface area contributed by atoms with E-state index >= 15 is 0 Å². The fourth-order valence-electron chi connectivity index (χ4n) is 0.764. The molecule has 0 aliphatic rings. The third-order valence-corrected chi connectivity index (χ3v) is 1.77. The maximum absolute atomic E-state index is 5.68. The van der Waals surface area contributed by atoms with E-state index in [1.54, 1.807) is 10.9 Å². The molecule has 0 spiro atoms. The molecular formula is C7H10BrN3. The van der Waals surface area contributed by atoms with E-state index in [-0.39, 0.29) is 0 Å². The van der Waals surface area contributed by atoms with E-state index in [9.17, 15) is 0 Å². The molecule has 0 atom stereocenters. The highest BCUT2D eigenvalue weighted by molar-refractivity contribution is 9.09. The molecule has 1 aromatic rings. The molecule has 1 rings (SSSR count). The van der Waals surface area contributed by atoms with Crippen LogP contribution in [-0.2, 0) is 7.05 Å². The number of hydrogen-bond donors (Lipinski definition) is 1. The zero-order valence-corrected chi connectivity index (χ0v) is 7.87. The molecule has 0 amide bonds. The van der Waals surface area contributed by atoms with Crippen molar-refractivity contribution in [1.29, 1.82) is 0 Å². The lowest BCUT2D eigenvalue weighted by atomic mass is 10.3. The van der Waals surface area contributed by atoms with Crippen LogP contribution in [0.5, 0.6) is 0 Å². The van der Waals surface area contributed by atoms with E-state index < -0.39 is 0 Å². The van der Waals surface area contributed by atoms with Gasteiger partial charge in [0.2, 0.25) is 0 Å². The normalized spacial score (nSPS) is 11.1. The van der Waals surface area contributed by atoms with Crippen LogP contribution in [0, 0.1) is 0 Å². The Bertz CT molecular complexity index is 265. The monoisotopic (exact) mass is 215 g/mol. The number of aryl methyl sites for hydroxylation is 1. The molecule has 0 aliphatic heterocycles. The van der Waals surface area contributed by atoms with E-state index in [1.165, 1.54) is 0 Å². The minimum atomic E-state index is 0.696. The molecule has 0 bridgehead atoms. The van der Waals surface area contributed by atoms with Gasteiger partial charge in [0.25, 0.3) is 0 Å². The molecule has 0 fully saturated rings. The highest BCUT2D eigenvalue weighted by Gasteiger charge is 1.98. The van der Waals surface area contributed by atoms with Gasteiger partial charge in [0.1, 0.15) is 5.82 Å². The number of aromatic nitrogens is 2. The fourth-order valence-corrected chi connectivity index (χ4v) is 0.951. The summed E-state index contributed by atoms with van der Waals surface area (Å²) in [7, 11) is 1.82. The molecule has 0 aliphatic carbocycles. The molecule has 4 heteroatoms. The minimum Gasteiger partial charge on any atom is -0.383 e. The Kier molecular flexibility index (Phi) is 2.70. The van der Waals surface area contributed by atoms with Crippen molar-refractivity contribution >= 4 is 27.8 Å². The lowest BCUT2D eigenvalue weighted by Gasteiger charge is -1.92. The molecule has 0 unspecified atom stereocenters. The Morgan fingerprint density at radius 2 is 2.55 bits per heavy atom. The van der Waals surface area contributed by atoms with Crippen molar-refractivity contribution in [3.05, 3.63) is 17.8 Å². The lowest BCUT2D eigenvalue weighted by molar-refractivity contribution is 0.779. The van der Waals surface area contributed by atoms with Crippen LogP contribution in [0.15, 0.2) is 12.3 Å². The predicted octanol–water partition coefficient (Wildman–Crippen LogP) is 1.41. The third-order valence-electron chi connectivity index (χ3n) is 1.40. The Labute approximate surface area is 74.0 Å². The van der Waals surface area contributed by atoms with Crippen molar-refractivity contribution < 1.29 is 0 Å². The average Bonchev–Trinajstić information content (AvgIpc) is 2.31. The molecule has 0 radical (unpaired) electrons. The van der Waals surface area contributed by atoms with Gasteiger partial charge in [0.05, 0.1) is 6.20 Å². The second kappa shape index (κ2) is 3.57. The molecule has 0 saturated carbocycles. The van der Waals surface area contributed by atoms with Gasteiger partial charge in [-0.15, -0.1) is 0 Å². The molecule has 1 aromatic heterocycles. The van der Waals surface area contributed by atoms with Gasteiger partial charge in [-0.3, -0.25) is 4.68 Å².